The molecule has 0 saturated carbocycles. The standard InChI is InChI=1S/C14H34N2O/c1-7-9-15(3,4)11-13-17-14-12-16(5,6)10-8-2/h7-14H2,1-6H3/q+2. The van der Waals surface area contributed by atoms with Gasteiger partial charge < -0.3 is 13.7 Å². The molecule has 0 rings (SSSR count). The van der Waals surface area contributed by atoms with Gasteiger partial charge in [-0.15, -0.1) is 0 Å². The van der Waals surface area contributed by atoms with Gasteiger partial charge in [0.05, 0.1) is 54.5 Å². The minimum Gasteiger partial charge on any atom is -0.370 e. The first-order valence-electron chi connectivity index (χ1n) is 7.05. The Hall–Kier alpha value is -0.120. The highest BCUT2D eigenvalue weighted by molar-refractivity contribution is 4.37. The fourth-order valence-electron chi connectivity index (χ4n) is 2.16. The average Bonchev–Trinajstić information content (AvgIpc) is 2.16. The summed E-state index contributed by atoms with van der Waals surface area (Å²) >= 11 is 0. The topological polar surface area (TPSA) is 9.23 Å². The summed E-state index contributed by atoms with van der Waals surface area (Å²) < 4.78 is 7.91. The quantitative estimate of drug-likeness (QED) is 0.423. The van der Waals surface area contributed by atoms with Crippen molar-refractivity contribution < 1.29 is 13.7 Å². The van der Waals surface area contributed by atoms with Gasteiger partial charge in [0.15, 0.2) is 0 Å². The van der Waals surface area contributed by atoms with Crippen LogP contribution in [-0.4, -0.2) is 76.5 Å². The van der Waals surface area contributed by atoms with Gasteiger partial charge in [-0.2, -0.15) is 0 Å². The maximum atomic E-state index is 5.77. The van der Waals surface area contributed by atoms with E-state index in [1.54, 1.807) is 0 Å². The average molecular weight is 246 g/mol. The molecule has 17 heavy (non-hydrogen) atoms. The van der Waals surface area contributed by atoms with Crippen molar-refractivity contribution >= 4 is 0 Å². The highest BCUT2D eigenvalue weighted by Gasteiger charge is 2.15. The van der Waals surface area contributed by atoms with Crippen LogP contribution in [0.3, 0.4) is 0 Å². The summed E-state index contributed by atoms with van der Waals surface area (Å²) in [6, 6.07) is 0. The Bertz CT molecular complexity index is 171. The van der Waals surface area contributed by atoms with Crippen LogP contribution in [0, 0.1) is 0 Å². The molecule has 0 atom stereocenters. The van der Waals surface area contributed by atoms with Crippen LogP contribution in [0.1, 0.15) is 26.7 Å². The van der Waals surface area contributed by atoms with Crippen LogP contribution in [-0.2, 0) is 4.74 Å². The highest BCUT2D eigenvalue weighted by atomic mass is 16.5. The van der Waals surface area contributed by atoms with Crippen LogP contribution in [0.4, 0.5) is 0 Å². The number of hydrogen-bond donors (Lipinski definition) is 0. The molecule has 0 amide bonds. The molecule has 0 N–H and O–H groups in total. The molecule has 0 aromatic rings. The molecule has 104 valence electrons. The molecule has 0 aromatic heterocycles. The van der Waals surface area contributed by atoms with E-state index in [4.69, 9.17) is 4.74 Å². The zero-order valence-electron chi connectivity index (χ0n) is 13.0. The minimum absolute atomic E-state index is 0.888. The summed E-state index contributed by atoms with van der Waals surface area (Å²) in [7, 11) is 9.13. The van der Waals surface area contributed by atoms with Crippen LogP contribution < -0.4 is 0 Å². The second-order valence-corrected chi connectivity index (χ2v) is 6.38. The number of nitrogens with zero attached hydrogens (tertiary/aromatic N) is 2. The third-order valence-corrected chi connectivity index (χ3v) is 3.34. The summed E-state index contributed by atoms with van der Waals surface area (Å²) in [5.41, 5.74) is 0. The van der Waals surface area contributed by atoms with Gasteiger partial charge in [0, 0.05) is 0 Å². The van der Waals surface area contributed by atoms with E-state index in [9.17, 15) is 0 Å². The second kappa shape index (κ2) is 8.06. The number of likely N-dealkylation sites (N-methyl/N-ethyl adjacent to an activating group) is 2. The maximum absolute atomic E-state index is 5.77. The predicted molar refractivity (Wildman–Crippen MR) is 75.1 cm³/mol. The van der Waals surface area contributed by atoms with Crippen LogP contribution >= 0.6 is 0 Å². The molecule has 0 aliphatic carbocycles. The third kappa shape index (κ3) is 9.57. The van der Waals surface area contributed by atoms with Gasteiger partial charge in [-0.05, 0) is 12.8 Å². The van der Waals surface area contributed by atoms with Gasteiger partial charge in [0.1, 0.15) is 13.1 Å². The van der Waals surface area contributed by atoms with Crippen molar-refractivity contribution in [3.63, 3.8) is 0 Å². The SMILES string of the molecule is CCC[N+](C)(C)CCOCC[N+](C)(C)CCC. The van der Waals surface area contributed by atoms with Crippen LogP contribution in [0.2, 0.25) is 0 Å². The maximum Gasteiger partial charge on any atom is 0.102 e. The second-order valence-electron chi connectivity index (χ2n) is 6.38. The van der Waals surface area contributed by atoms with Gasteiger partial charge in [-0.3, -0.25) is 0 Å². The monoisotopic (exact) mass is 246 g/mol. The lowest BCUT2D eigenvalue weighted by atomic mass is 10.3. The van der Waals surface area contributed by atoms with E-state index < -0.39 is 0 Å². The molecule has 0 bridgehead atoms. The fourth-order valence-corrected chi connectivity index (χ4v) is 2.16. The molecule has 0 spiro atoms. The van der Waals surface area contributed by atoms with E-state index in [1.165, 1.54) is 25.9 Å². The molecule has 0 saturated heterocycles. The number of ether oxygens (including phenoxy) is 1. The Kier molecular flexibility index (Phi) is 8.01. The van der Waals surface area contributed by atoms with E-state index in [0.717, 1.165) is 35.3 Å². The minimum atomic E-state index is 0.888. The number of rotatable bonds is 10. The van der Waals surface area contributed by atoms with E-state index >= 15 is 0 Å². The van der Waals surface area contributed by atoms with Gasteiger partial charge in [-0.25, -0.2) is 0 Å². The van der Waals surface area contributed by atoms with Crippen LogP contribution in [0.5, 0.6) is 0 Å². The van der Waals surface area contributed by atoms with Crippen molar-refractivity contribution in [3.05, 3.63) is 0 Å². The van der Waals surface area contributed by atoms with Crippen LogP contribution in [0.15, 0.2) is 0 Å². The van der Waals surface area contributed by atoms with Crippen molar-refractivity contribution in [1.82, 2.24) is 0 Å². The predicted octanol–water partition coefficient (Wildman–Crippen LogP) is 1.98. The van der Waals surface area contributed by atoms with Crippen molar-refractivity contribution in [2.75, 3.05) is 67.6 Å². The molecule has 0 aliphatic heterocycles. The molecule has 0 aromatic carbocycles. The van der Waals surface area contributed by atoms with Crippen molar-refractivity contribution in [1.29, 1.82) is 0 Å². The van der Waals surface area contributed by atoms with Gasteiger partial charge in [-0.1, -0.05) is 13.8 Å². The zero-order valence-corrected chi connectivity index (χ0v) is 13.0. The summed E-state index contributed by atoms with van der Waals surface area (Å²) in [5.74, 6) is 0. The first kappa shape index (κ1) is 16.9. The smallest absolute Gasteiger partial charge is 0.102 e. The van der Waals surface area contributed by atoms with Gasteiger partial charge in [0.2, 0.25) is 0 Å². The first-order chi connectivity index (χ1) is 7.83. The van der Waals surface area contributed by atoms with Gasteiger partial charge in [0.25, 0.3) is 0 Å². The molecule has 3 heteroatoms. The van der Waals surface area contributed by atoms with Crippen molar-refractivity contribution in [3.8, 4) is 0 Å². The van der Waals surface area contributed by atoms with E-state index in [-0.39, 0.29) is 0 Å². The Morgan fingerprint density at radius 2 is 1.00 bits per heavy atom. The molecule has 0 aliphatic rings. The summed E-state index contributed by atoms with van der Waals surface area (Å²) in [6.45, 7) is 11.0. The molecule has 0 fully saturated rings. The van der Waals surface area contributed by atoms with Crippen LogP contribution in [0.25, 0.3) is 0 Å². The Morgan fingerprint density at radius 3 is 1.29 bits per heavy atom. The molecule has 0 heterocycles. The molecule has 0 radical (unpaired) electrons. The number of hydrogen-bond acceptors (Lipinski definition) is 1. The first-order valence-corrected chi connectivity index (χ1v) is 7.05. The molecule has 3 nitrogen and oxygen atoms in total. The zero-order chi connectivity index (χ0) is 13.4. The lowest BCUT2D eigenvalue weighted by molar-refractivity contribution is -0.894. The molecule has 0 unspecified atom stereocenters. The fraction of sp³-hybridized carbons (Fsp3) is 1.00. The summed E-state index contributed by atoms with van der Waals surface area (Å²) in [4.78, 5) is 0. The van der Waals surface area contributed by atoms with Crippen molar-refractivity contribution in [2.45, 2.75) is 26.7 Å². The Morgan fingerprint density at radius 1 is 0.647 bits per heavy atom. The third-order valence-electron chi connectivity index (χ3n) is 3.34. The lowest BCUT2D eigenvalue weighted by Crippen LogP contribution is -2.44. The largest absolute Gasteiger partial charge is 0.370 e. The summed E-state index contributed by atoms with van der Waals surface area (Å²) in [6.07, 6.45) is 2.49. The molecular weight excluding hydrogens is 212 g/mol. The van der Waals surface area contributed by atoms with Gasteiger partial charge >= 0.3 is 0 Å². The Balaban J connectivity index is 3.58. The van der Waals surface area contributed by atoms with E-state index in [0.29, 0.717) is 0 Å². The normalized spacial score (nSPS) is 13.1. The van der Waals surface area contributed by atoms with E-state index in [2.05, 4.69) is 42.0 Å². The highest BCUT2D eigenvalue weighted by Crippen LogP contribution is 2.01. The number of quaternary nitrogens is 2. The molecular formula is C14H34N2O+2. The Labute approximate surface area is 109 Å². The summed E-state index contributed by atoms with van der Waals surface area (Å²) in [5, 5.41) is 0. The van der Waals surface area contributed by atoms with Crippen molar-refractivity contribution in [2.24, 2.45) is 0 Å². The lowest BCUT2D eigenvalue weighted by Gasteiger charge is -2.31. The van der Waals surface area contributed by atoms with E-state index in [1.807, 2.05) is 0 Å².